The van der Waals surface area contributed by atoms with Gasteiger partial charge in [0.1, 0.15) is 11.9 Å². The number of aliphatic hydroxyl groups is 1. The maximum absolute atomic E-state index is 10.6. The molecule has 2 aromatic rings. The van der Waals surface area contributed by atoms with Crippen LogP contribution in [0, 0.1) is 0 Å². The van der Waals surface area contributed by atoms with E-state index in [9.17, 15) is 5.11 Å². The first kappa shape index (κ1) is 15.4. The van der Waals surface area contributed by atoms with Crippen LogP contribution in [0.5, 0.6) is 5.75 Å². The normalized spacial score (nSPS) is 12.5. The van der Waals surface area contributed by atoms with Gasteiger partial charge in [0.25, 0.3) is 0 Å². The van der Waals surface area contributed by atoms with Crippen molar-refractivity contribution in [3.63, 3.8) is 0 Å². The number of rotatable bonds is 4. The van der Waals surface area contributed by atoms with Crippen molar-refractivity contribution in [1.82, 2.24) is 0 Å². The van der Waals surface area contributed by atoms with Gasteiger partial charge in [-0.2, -0.15) is 0 Å². The molecule has 0 aliphatic heterocycles. The van der Waals surface area contributed by atoms with Crippen molar-refractivity contribution >= 4 is 27.5 Å². The summed E-state index contributed by atoms with van der Waals surface area (Å²) in [6.07, 6.45) is -0.746. The van der Waals surface area contributed by atoms with Crippen LogP contribution in [0.15, 0.2) is 46.9 Å². The summed E-state index contributed by atoms with van der Waals surface area (Å²) < 4.78 is 6.56. The molecule has 0 radical (unpaired) electrons. The molecule has 0 fully saturated rings. The molecule has 0 aliphatic rings. The van der Waals surface area contributed by atoms with Gasteiger partial charge in [0.15, 0.2) is 0 Å². The first-order valence-corrected chi connectivity index (χ1v) is 7.54. The van der Waals surface area contributed by atoms with Crippen molar-refractivity contribution in [1.29, 1.82) is 0 Å². The summed E-state index contributed by atoms with van der Waals surface area (Å²) in [6.45, 7) is 3.91. The topological polar surface area (TPSA) is 29.5 Å². The molecule has 0 aromatic heterocycles. The van der Waals surface area contributed by atoms with Crippen molar-refractivity contribution in [3.05, 3.63) is 63.1 Å². The highest BCUT2D eigenvalue weighted by Gasteiger charge is 2.18. The summed E-state index contributed by atoms with van der Waals surface area (Å²) in [5.41, 5.74) is 1.45. The SMILES string of the molecule is CC(C)Oc1ccccc1C(O)c1cc(Cl)ccc1Br. The molecule has 2 rings (SSSR count). The Hall–Kier alpha value is -1.03. The average Bonchev–Trinajstić information content (AvgIpc) is 2.41. The molecule has 0 aliphatic carbocycles. The highest BCUT2D eigenvalue weighted by molar-refractivity contribution is 9.10. The Morgan fingerprint density at radius 1 is 1.10 bits per heavy atom. The van der Waals surface area contributed by atoms with Crippen molar-refractivity contribution in [2.75, 3.05) is 0 Å². The average molecular weight is 356 g/mol. The number of benzene rings is 2. The Morgan fingerprint density at radius 3 is 2.50 bits per heavy atom. The van der Waals surface area contributed by atoms with Crippen molar-refractivity contribution in [2.45, 2.75) is 26.1 Å². The zero-order valence-electron chi connectivity index (χ0n) is 11.3. The van der Waals surface area contributed by atoms with Crippen LogP contribution in [0.1, 0.15) is 31.1 Å². The minimum Gasteiger partial charge on any atom is -0.491 e. The molecule has 1 N–H and O–H groups in total. The monoisotopic (exact) mass is 354 g/mol. The Balaban J connectivity index is 2.42. The molecule has 0 saturated heterocycles. The van der Waals surface area contributed by atoms with E-state index in [2.05, 4.69) is 15.9 Å². The van der Waals surface area contributed by atoms with Crippen molar-refractivity contribution in [2.24, 2.45) is 0 Å². The van der Waals surface area contributed by atoms with E-state index in [1.54, 1.807) is 12.1 Å². The first-order chi connectivity index (χ1) is 9.49. The third-order valence-corrected chi connectivity index (χ3v) is 3.79. The standard InChI is InChI=1S/C16H16BrClO2/c1-10(2)20-15-6-4-3-5-12(15)16(19)13-9-11(18)7-8-14(13)17/h3-10,16,19H,1-2H3. The molecule has 0 saturated carbocycles. The van der Waals surface area contributed by atoms with E-state index in [1.165, 1.54) is 0 Å². The number of para-hydroxylation sites is 1. The van der Waals surface area contributed by atoms with Crippen LogP contribution >= 0.6 is 27.5 Å². The van der Waals surface area contributed by atoms with Gasteiger partial charge in [0.05, 0.1) is 6.10 Å². The second kappa shape index (κ2) is 6.61. The molecule has 20 heavy (non-hydrogen) atoms. The van der Waals surface area contributed by atoms with Gasteiger partial charge in [-0.05, 0) is 38.1 Å². The van der Waals surface area contributed by atoms with E-state index < -0.39 is 6.10 Å². The zero-order chi connectivity index (χ0) is 14.7. The summed E-state index contributed by atoms with van der Waals surface area (Å²) in [5.74, 6) is 0.682. The molecular formula is C16H16BrClO2. The molecular weight excluding hydrogens is 340 g/mol. The van der Waals surface area contributed by atoms with Crippen LogP contribution < -0.4 is 4.74 Å². The number of ether oxygens (including phenoxy) is 1. The second-order valence-electron chi connectivity index (χ2n) is 4.77. The van der Waals surface area contributed by atoms with Crippen molar-refractivity contribution in [3.8, 4) is 5.75 Å². The smallest absolute Gasteiger partial charge is 0.125 e. The fraction of sp³-hybridized carbons (Fsp3) is 0.250. The van der Waals surface area contributed by atoms with E-state index in [1.807, 2.05) is 44.2 Å². The lowest BCUT2D eigenvalue weighted by molar-refractivity contribution is 0.197. The van der Waals surface area contributed by atoms with Crippen LogP contribution in [0.25, 0.3) is 0 Å². The third kappa shape index (κ3) is 3.54. The van der Waals surface area contributed by atoms with Gasteiger partial charge in [0.2, 0.25) is 0 Å². The van der Waals surface area contributed by atoms with E-state index in [0.29, 0.717) is 10.8 Å². The third-order valence-electron chi connectivity index (χ3n) is 2.83. The highest BCUT2D eigenvalue weighted by atomic mass is 79.9. The van der Waals surface area contributed by atoms with Crippen LogP contribution in [0.4, 0.5) is 0 Å². The van der Waals surface area contributed by atoms with Crippen LogP contribution in [-0.4, -0.2) is 11.2 Å². The van der Waals surface area contributed by atoms with E-state index >= 15 is 0 Å². The van der Waals surface area contributed by atoms with Gasteiger partial charge in [0, 0.05) is 20.6 Å². The molecule has 1 atom stereocenters. The highest BCUT2D eigenvalue weighted by Crippen LogP contribution is 2.35. The van der Waals surface area contributed by atoms with Gasteiger partial charge in [-0.25, -0.2) is 0 Å². The predicted octanol–water partition coefficient (Wildman–Crippen LogP) is 4.97. The number of hydrogen-bond acceptors (Lipinski definition) is 2. The second-order valence-corrected chi connectivity index (χ2v) is 6.06. The fourth-order valence-corrected chi connectivity index (χ4v) is 2.60. The minimum atomic E-state index is -0.793. The maximum Gasteiger partial charge on any atom is 0.125 e. The minimum absolute atomic E-state index is 0.0474. The lowest BCUT2D eigenvalue weighted by Crippen LogP contribution is -2.10. The number of aliphatic hydroxyl groups excluding tert-OH is 1. The van der Waals surface area contributed by atoms with E-state index in [-0.39, 0.29) is 6.10 Å². The maximum atomic E-state index is 10.6. The number of hydrogen-bond donors (Lipinski definition) is 1. The summed E-state index contributed by atoms with van der Waals surface area (Å²) >= 11 is 9.45. The molecule has 2 nitrogen and oxygen atoms in total. The van der Waals surface area contributed by atoms with E-state index in [0.717, 1.165) is 15.6 Å². The molecule has 0 bridgehead atoms. The summed E-state index contributed by atoms with van der Waals surface area (Å²) in [7, 11) is 0. The quantitative estimate of drug-likeness (QED) is 0.839. The molecule has 1 unspecified atom stereocenters. The summed E-state index contributed by atoms with van der Waals surface area (Å²) in [4.78, 5) is 0. The zero-order valence-corrected chi connectivity index (χ0v) is 13.6. The van der Waals surface area contributed by atoms with Crippen LogP contribution in [-0.2, 0) is 0 Å². The number of halogens is 2. The van der Waals surface area contributed by atoms with Gasteiger partial charge in [-0.3, -0.25) is 0 Å². The molecule has 106 valence electrons. The Morgan fingerprint density at radius 2 is 1.80 bits per heavy atom. The van der Waals surface area contributed by atoms with Gasteiger partial charge < -0.3 is 9.84 Å². The Labute approximate surface area is 132 Å². The molecule has 2 aromatic carbocycles. The summed E-state index contributed by atoms with van der Waals surface area (Å²) in [6, 6.07) is 12.8. The van der Waals surface area contributed by atoms with Crippen LogP contribution in [0.3, 0.4) is 0 Å². The van der Waals surface area contributed by atoms with Gasteiger partial charge in [-0.15, -0.1) is 0 Å². The lowest BCUT2D eigenvalue weighted by atomic mass is 10.0. The molecule has 4 heteroatoms. The first-order valence-electron chi connectivity index (χ1n) is 6.37. The predicted molar refractivity (Wildman–Crippen MR) is 85.4 cm³/mol. The Kier molecular flexibility index (Phi) is 5.08. The molecule has 0 heterocycles. The van der Waals surface area contributed by atoms with Gasteiger partial charge in [-0.1, -0.05) is 45.7 Å². The van der Waals surface area contributed by atoms with Gasteiger partial charge >= 0.3 is 0 Å². The fourth-order valence-electron chi connectivity index (χ4n) is 1.96. The molecule has 0 amide bonds. The Bertz CT molecular complexity index is 599. The lowest BCUT2D eigenvalue weighted by Gasteiger charge is -2.19. The summed E-state index contributed by atoms with van der Waals surface area (Å²) in [5, 5.41) is 11.2. The van der Waals surface area contributed by atoms with E-state index in [4.69, 9.17) is 16.3 Å². The van der Waals surface area contributed by atoms with Crippen molar-refractivity contribution < 1.29 is 9.84 Å². The van der Waals surface area contributed by atoms with Crippen LogP contribution in [0.2, 0.25) is 5.02 Å². The largest absolute Gasteiger partial charge is 0.491 e. The molecule has 0 spiro atoms.